The number of carbonyl (C=O) groups is 2. The summed E-state index contributed by atoms with van der Waals surface area (Å²) >= 11 is 0. The van der Waals surface area contributed by atoms with Gasteiger partial charge in [-0.1, -0.05) is 48.5 Å². The van der Waals surface area contributed by atoms with Gasteiger partial charge in [0.25, 0.3) is 10.0 Å². The van der Waals surface area contributed by atoms with Gasteiger partial charge in [0.2, 0.25) is 0 Å². The smallest absolute Gasteiger partial charge is 0.492 e. The van der Waals surface area contributed by atoms with Crippen LogP contribution in [0.25, 0.3) is 10.8 Å². The van der Waals surface area contributed by atoms with Crippen molar-refractivity contribution in [1.29, 1.82) is 0 Å². The molecule has 0 bridgehead atoms. The zero-order valence-corrected chi connectivity index (χ0v) is 26.3. The number of nitrogens with zero attached hydrogens (tertiary/aromatic N) is 3. The number of anilines is 2. The number of benzene rings is 4. The molecule has 2 atom stereocenters. The SMILES string of the molecule is C=O.COc1cccc(N2CCN(OC(=O)C(F)(F)F)C(C3CN(S(=O)(=O)c4ccc(OC)c5ccccc45)c4ccccc43)C2)c1. The maximum Gasteiger partial charge on any atom is 0.492 e. The molecule has 47 heavy (non-hydrogen) atoms. The highest BCUT2D eigenvalue weighted by Gasteiger charge is 2.48. The normalized spacial score (nSPS) is 18.2. The van der Waals surface area contributed by atoms with E-state index in [-0.39, 0.29) is 31.1 Å². The number of methoxy groups -OCH3 is 2. The van der Waals surface area contributed by atoms with Crippen molar-refractivity contribution in [3.8, 4) is 11.5 Å². The van der Waals surface area contributed by atoms with E-state index in [9.17, 15) is 26.4 Å². The van der Waals surface area contributed by atoms with E-state index in [1.807, 2.05) is 23.8 Å². The first-order valence-corrected chi connectivity index (χ1v) is 15.9. The Morgan fingerprint density at radius 3 is 2.26 bits per heavy atom. The second-order valence-corrected chi connectivity index (χ2v) is 12.6. The average molecular weight is 672 g/mol. The Labute approximate surface area is 269 Å². The monoisotopic (exact) mass is 671 g/mol. The minimum Gasteiger partial charge on any atom is -0.497 e. The molecule has 10 nitrogen and oxygen atoms in total. The van der Waals surface area contributed by atoms with Crippen LogP contribution in [0.15, 0.2) is 89.8 Å². The molecule has 2 unspecified atom stereocenters. The predicted octanol–water partition coefficient (Wildman–Crippen LogP) is 5.18. The molecule has 1 saturated heterocycles. The van der Waals surface area contributed by atoms with Crippen molar-refractivity contribution in [2.75, 3.05) is 49.6 Å². The zero-order chi connectivity index (χ0) is 33.9. The third kappa shape index (κ3) is 6.43. The summed E-state index contributed by atoms with van der Waals surface area (Å²) in [5.74, 6) is -1.85. The zero-order valence-electron chi connectivity index (χ0n) is 25.5. The molecule has 4 aromatic carbocycles. The Balaban J connectivity index is 0.00000213. The largest absolute Gasteiger partial charge is 0.497 e. The lowest BCUT2D eigenvalue weighted by atomic mass is 9.91. The molecule has 14 heteroatoms. The molecule has 0 aromatic heterocycles. The van der Waals surface area contributed by atoms with E-state index in [1.165, 1.54) is 24.6 Å². The quantitative estimate of drug-likeness (QED) is 0.263. The van der Waals surface area contributed by atoms with E-state index in [0.717, 1.165) is 10.8 Å². The predicted molar refractivity (Wildman–Crippen MR) is 169 cm³/mol. The van der Waals surface area contributed by atoms with Crippen LogP contribution in [-0.4, -0.2) is 78.9 Å². The van der Waals surface area contributed by atoms with Crippen molar-refractivity contribution < 1.29 is 45.5 Å². The van der Waals surface area contributed by atoms with Crippen molar-refractivity contribution in [3.05, 3.63) is 90.5 Å². The Bertz CT molecular complexity index is 1870. The van der Waals surface area contributed by atoms with E-state index in [2.05, 4.69) is 0 Å². The molecular weight excluding hydrogens is 639 g/mol. The molecule has 0 spiro atoms. The number of piperazine rings is 1. The van der Waals surface area contributed by atoms with Gasteiger partial charge >= 0.3 is 12.1 Å². The highest BCUT2D eigenvalue weighted by Crippen LogP contribution is 2.45. The summed E-state index contributed by atoms with van der Waals surface area (Å²) in [4.78, 5) is 27.0. The molecular formula is C33H32F3N3O7S. The number of halogens is 3. The summed E-state index contributed by atoms with van der Waals surface area (Å²) in [5, 5.41) is 2.14. The molecule has 1 fully saturated rings. The maximum absolute atomic E-state index is 14.4. The van der Waals surface area contributed by atoms with Gasteiger partial charge in [-0.15, -0.1) is 5.06 Å². The summed E-state index contributed by atoms with van der Waals surface area (Å²) in [6.45, 7) is 2.27. The summed E-state index contributed by atoms with van der Waals surface area (Å²) in [7, 11) is -1.13. The fraction of sp³-hybridized carbons (Fsp3) is 0.273. The van der Waals surface area contributed by atoms with Crippen LogP contribution in [0.3, 0.4) is 0 Å². The van der Waals surface area contributed by atoms with E-state index in [4.69, 9.17) is 19.1 Å². The molecule has 0 N–H and O–H groups in total. The lowest BCUT2D eigenvalue weighted by molar-refractivity contribution is -0.248. The third-order valence-electron chi connectivity index (χ3n) is 8.28. The molecule has 2 aliphatic heterocycles. The van der Waals surface area contributed by atoms with Gasteiger partial charge < -0.3 is 24.0 Å². The first-order chi connectivity index (χ1) is 22.5. The minimum absolute atomic E-state index is 0.0434. The number of hydrogen-bond acceptors (Lipinski definition) is 9. The molecule has 6 rings (SSSR count). The molecule has 0 aliphatic carbocycles. The summed E-state index contributed by atoms with van der Waals surface area (Å²) in [5.41, 5.74) is 1.79. The lowest BCUT2D eigenvalue weighted by Crippen LogP contribution is -2.57. The van der Waals surface area contributed by atoms with Crippen molar-refractivity contribution >= 4 is 44.9 Å². The van der Waals surface area contributed by atoms with Crippen molar-refractivity contribution in [3.63, 3.8) is 0 Å². The third-order valence-corrected chi connectivity index (χ3v) is 10.1. The number of carbonyl (C=O) groups excluding carboxylic acids is 2. The van der Waals surface area contributed by atoms with Gasteiger partial charge in [0, 0.05) is 48.1 Å². The van der Waals surface area contributed by atoms with Crippen LogP contribution in [0.1, 0.15) is 11.5 Å². The second-order valence-electron chi connectivity index (χ2n) is 10.7. The summed E-state index contributed by atoms with van der Waals surface area (Å²) in [6.07, 6.45) is -5.20. The molecule has 248 valence electrons. The van der Waals surface area contributed by atoms with Crippen LogP contribution < -0.4 is 18.7 Å². The number of para-hydroxylation sites is 1. The van der Waals surface area contributed by atoms with Gasteiger partial charge in [0.05, 0.1) is 37.4 Å². The summed E-state index contributed by atoms with van der Waals surface area (Å²) in [6, 6.07) is 23.4. The Morgan fingerprint density at radius 1 is 0.851 bits per heavy atom. The van der Waals surface area contributed by atoms with Crippen molar-refractivity contribution in [2.45, 2.75) is 23.0 Å². The van der Waals surface area contributed by atoms with Gasteiger partial charge in [-0.25, -0.2) is 13.2 Å². The first kappa shape index (κ1) is 33.5. The van der Waals surface area contributed by atoms with E-state index >= 15 is 0 Å². The van der Waals surface area contributed by atoms with Crippen molar-refractivity contribution in [1.82, 2.24) is 5.06 Å². The number of rotatable bonds is 7. The fourth-order valence-electron chi connectivity index (χ4n) is 6.16. The van der Waals surface area contributed by atoms with Gasteiger partial charge in [-0.3, -0.25) is 4.31 Å². The maximum atomic E-state index is 14.4. The topological polar surface area (TPSA) is 106 Å². The fourth-order valence-corrected chi connectivity index (χ4v) is 7.88. The molecule has 0 amide bonds. The first-order valence-electron chi connectivity index (χ1n) is 14.4. The van der Waals surface area contributed by atoms with Crippen LogP contribution >= 0.6 is 0 Å². The van der Waals surface area contributed by atoms with E-state index in [1.54, 1.807) is 66.7 Å². The Hall–Kier alpha value is -4.82. The standard InChI is InChI=1S/C32H30F3N3O6S.CH2O/c1-42-22-9-7-8-21(18-22)36-16-17-37(44-31(39)32(33,34)35)28(20-36)26-19-38(27-13-6-5-10-23(26)27)45(40,41)30-15-14-29(43-2)24-11-3-4-12-25(24)30;1-2/h3-15,18,26,28H,16-17,19-20H2,1-2H3;1H2. The number of sulfonamides is 1. The minimum atomic E-state index is -5.20. The Kier molecular flexibility index (Phi) is 9.63. The summed E-state index contributed by atoms with van der Waals surface area (Å²) < 4.78 is 80.9. The number of fused-ring (bicyclic) bond motifs is 2. The van der Waals surface area contributed by atoms with E-state index in [0.29, 0.717) is 33.5 Å². The lowest BCUT2D eigenvalue weighted by Gasteiger charge is -2.43. The van der Waals surface area contributed by atoms with Crippen LogP contribution in [0.5, 0.6) is 11.5 Å². The van der Waals surface area contributed by atoms with Crippen LogP contribution in [0.4, 0.5) is 24.5 Å². The van der Waals surface area contributed by atoms with Gasteiger partial charge in [0.1, 0.15) is 18.3 Å². The molecule has 2 heterocycles. The molecule has 4 aromatic rings. The van der Waals surface area contributed by atoms with Gasteiger partial charge in [-0.05, 0) is 35.9 Å². The highest BCUT2D eigenvalue weighted by molar-refractivity contribution is 7.93. The molecule has 0 saturated carbocycles. The van der Waals surface area contributed by atoms with Gasteiger partial charge in [-0.2, -0.15) is 13.2 Å². The van der Waals surface area contributed by atoms with Crippen LogP contribution in [0, 0.1) is 0 Å². The Morgan fingerprint density at radius 2 is 1.55 bits per heavy atom. The van der Waals surface area contributed by atoms with Gasteiger partial charge in [0.15, 0.2) is 0 Å². The molecule has 2 aliphatic rings. The van der Waals surface area contributed by atoms with Crippen LogP contribution in [-0.2, 0) is 24.4 Å². The van der Waals surface area contributed by atoms with E-state index < -0.39 is 34.1 Å². The number of ether oxygens (including phenoxy) is 2. The highest BCUT2D eigenvalue weighted by atomic mass is 32.2. The number of hydroxylamine groups is 2. The second kappa shape index (κ2) is 13.5. The van der Waals surface area contributed by atoms with Crippen molar-refractivity contribution in [2.24, 2.45) is 0 Å². The average Bonchev–Trinajstić information content (AvgIpc) is 3.49. The number of alkyl halides is 3. The number of hydrogen-bond donors (Lipinski definition) is 0. The van der Waals surface area contributed by atoms with Crippen LogP contribution in [0.2, 0.25) is 0 Å². The molecule has 0 radical (unpaired) electrons.